The standard InChI is InChI=1S/C12H9BrN2O3/c1-8(16)14-7-9(4-5-15(17)18)11-6-10(13)2-3-12(11)14/h2-7H,1H3. The maximum atomic E-state index is 11.5. The van der Waals surface area contributed by atoms with Crippen LogP contribution in [0.3, 0.4) is 0 Å². The molecule has 0 atom stereocenters. The highest BCUT2D eigenvalue weighted by atomic mass is 79.9. The Morgan fingerprint density at radius 2 is 2.22 bits per heavy atom. The van der Waals surface area contributed by atoms with Crippen molar-refractivity contribution in [2.45, 2.75) is 6.92 Å². The molecular weight excluding hydrogens is 300 g/mol. The van der Waals surface area contributed by atoms with Crippen molar-refractivity contribution in [3.63, 3.8) is 0 Å². The minimum atomic E-state index is -0.533. The van der Waals surface area contributed by atoms with Crippen LogP contribution in [-0.4, -0.2) is 15.4 Å². The third-order valence-electron chi connectivity index (χ3n) is 2.51. The minimum absolute atomic E-state index is 0.136. The maximum absolute atomic E-state index is 11.5. The second kappa shape index (κ2) is 4.73. The van der Waals surface area contributed by atoms with E-state index in [4.69, 9.17) is 0 Å². The number of fused-ring (bicyclic) bond motifs is 1. The number of nitro groups is 1. The zero-order valence-corrected chi connectivity index (χ0v) is 11.0. The molecule has 0 bridgehead atoms. The molecule has 0 fully saturated rings. The minimum Gasteiger partial charge on any atom is -0.287 e. The summed E-state index contributed by atoms with van der Waals surface area (Å²) in [6.07, 6.45) is 3.84. The molecule has 0 aliphatic carbocycles. The number of benzene rings is 1. The molecule has 1 heterocycles. The van der Waals surface area contributed by atoms with Gasteiger partial charge in [0.1, 0.15) is 0 Å². The number of hydrogen-bond donors (Lipinski definition) is 0. The van der Waals surface area contributed by atoms with Gasteiger partial charge in [0, 0.05) is 34.6 Å². The van der Waals surface area contributed by atoms with Crippen LogP contribution < -0.4 is 0 Å². The molecule has 0 amide bonds. The topological polar surface area (TPSA) is 65.1 Å². The summed E-state index contributed by atoms with van der Waals surface area (Å²) < 4.78 is 2.33. The lowest BCUT2D eigenvalue weighted by atomic mass is 10.2. The van der Waals surface area contributed by atoms with Crippen molar-refractivity contribution in [1.29, 1.82) is 0 Å². The molecule has 0 spiro atoms. The summed E-state index contributed by atoms with van der Waals surface area (Å²) in [5, 5.41) is 11.1. The lowest BCUT2D eigenvalue weighted by molar-refractivity contribution is -0.400. The van der Waals surface area contributed by atoms with E-state index in [1.165, 1.54) is 17.6 Å². The van der Waals surface area contributed by atoms with Gasteiger partial charge in [0.25, 0.3) is 0 Å². The maximum Gasteiger partial charge on any atom is 0.235 e. The van der Waals surface area contributed by atoms with Crippen LogP contribution >= 0.6 is 15.9 Å². The first-order chi connectivity index (χ1) is 8.49. The van der Waals surface area contributed by atoms with Gasteiger partial charge in [0.2, 0.25) is 12.1 Å². The van der Waals surface area contributed by atoms with Gasteiger partial charge in [-0.3, -0.25) is 19.5 Å². The fraction of sp³-hybridized carbons (Fsp3) is 0.0833. The summed E-state index contributed by atoms with van der Waals surface area (Å²) in [5.41, 5.74) is 1.37. The predicted molar refractivity (Wildman–Crippen MR) is 72.0 cm³/mol. The van der Waals surface area contributed by atoms with Crippen molar-refractivity contribution < 1.29 is 9.72 Å². The first-order valence-corrected chi connectivity index (χ1v) is 5.91. The Hall–Kier alpha value is -1.95. The van der Waals surface area contributed by atoms with Crippen molar-refractivity contribution in [3.05, 3.63) is 50.7 Å². The monoisotopic (exact) mass is 308 g/mol. The summed E-state index contributed by atoms with van der Waals surface area (Å²) >= 11 is 3.34. The molecule has 6 heteroatoms. The molecular formula is C12H9BrN2O3. The van der Waals surface area contributed by atoms with Crippen LogP contribution in [0.4, 0.5) is 0 Å². The first kappa shape index (κ1) is 12.5. The molecule has 2 rings (SSSR count). The van der Waals surface area contributed by atoms with Crippen LogP contribution in [0.25, 0.3) is 17.0 Å². The molecule has 1 aromatic heterocycles. The lowest BCUT2D eigenvalue weighted by Gasteiger charge is -1.98. The van der Waals surface area contributed by atoms with Crippen molar-refractivity contribution in [2.24, 2.45) is 0 Å². The number of aromatic nitrogens is 1. The van der Waals surface area contributed by atoms with Crippen molar-refractivity contribution in [1.82, 2.24) is 4.57 Å². The number of halogens is 1. The van der Waals surface area contributed by atoms with Gasteiger partial charge in [-0.15, -0.1) is 0 Å². The second-order valence-corrected chi connectivity index (χ2v) is 4.65. The Balaban J connectivity index is 2.69. The largest absolute Gasteiger partial charge is 0.287 e. The molecule has 0 saturated carbocycles. The van der Waals surface area contributed by atoms with E-state index in [1.807, 2.05) is 12.1 Å². The van der Waals surface area contributed by atoms with Gasteiger partial charge in [-0.2, -0.15) is 0 Å². The zero-order chi connectivity index (χ0) is 13.3. The molecule has 0 radical (unpaired) electrons. The van der Waals surface area contributed by atoms with E-state index in [9.17, 15) is 14.9 Å². The van der Waals surface area contributed by atoms with E-state index >= 15 is 0 Å². The molecule has 92 valence electrons. The third kappa shape index (κ3) is 2.33. The van der Waals surface area contributed by atoms with Gasteiger partial charge >= 0.3 is 0 Å². The molecule has 18 heavy (non-hydrogen) atoms. The van der Waals surface area contributed by atoms with Gasteiger partial charge in [-0.25, -0.2) is 0 Å². The number of carbonyl (C=O) groups excluding carboxylic acids is 1. The molecule has 0 unspecified atom stereocenters. The second-order valence-electron chi connectivity index (χ2n) is 3.74. The SMILES string of the molecule is CC(=O)n1cc(C=C[N+](=O)[O-])c2cc(Br)ccc21. The van der Waals surface area contributed by atoms with Crippen LogP contribution in [0.1, 0.15) is 17.3 Å². The Kier molecular flexibility index (Phi) is 3.29. The summed E-state index contributed by atoms with van der Waals surface area (Å²) in [6.45, 7) is 1.45. The van der Waals surface area contributed by atoms with Crippen molar-refractivity contribution in [3.8, 4) is 0 Å². The zero-order valence-electron chi connectivity index (χ0n) is 9.46. The highest BCUT2D eigenvalue weighted by Crippen LogP contribution is 2.26. The Morgan fingerprint density at radius 1 is 1.50 bits per heavy atom. The Labute approximate surface area is 111 Å². The van der Waals surface area contributed by atoms with Gasteiger partial charge in [-0.1, -0.05) is 15.9 Å². The van der Waals surface area contributed by atoms with Crippen LogP contribution in [-0.2, 0) is 0 Å². The molecule has 5 nitrogen and oxygen atoms in total. The van der Waals surface area contributed by atoms with E-state index in [-0.39, 0.29) is 5.91 Å². The van der Waals surface area contributed by atoms with E-state index in [0.717, 1.165) is 21.6 Å². The fourth-order valence-electron chi connectivity index (χ4n) is 1.76. The predicted octanol–water partition coefficient (Wildman–Crippen LogP) is 3.31. The normalized spacial score (nSPS) is 11.2. The quantitative estimate of drug-likeness (QED) is 0.631. The highest BCUT2D eigenvalue weighted by Gasteiger charge is 2.10. The number of nitrogens with zero attached hydrogens (tertiary/aromatic N) is 2. The van der Waals surface area contributed by atoms with E-state index in [2.05, 4.69) is 15.9 Å². The molecule has 1 aromatic carbocycles. The van der Waals surface area contributed by atoms with E-state index < -0.39 is 4.92 Å². The van der Waals surface area contributed by atoms with E-state index in [0.29, 0.717) is 5.56 Å². The van der Waals surface area contributed by atoms with Crippen LogP contribution in [0.2, 0.25) is 0 Å². The molecule has 0 saturated heterocycles. The summed E-state index contributed by atoms with van der Waals surface area (Å²) in [7, 11) is 0. The smallest absolute Gasteiger partial charge is 0.235 e. The van der Waals surface area contributed by atoms with Crippen molar-refractivity contribution in [2.75, 3.05) is 0 Å². The number of rotatable bonds is 2. The summed E-state index contributed by atoms with van der Waals surface area (Å²) in [4.78, 5) is 21.3. The van der Waals surface area contributed by atoms with E-state index in [1.54, 1.807) is 12.3 Å². The van der Waals surface area contributed by atoms with Crippen LogP contribution in [0, 0.1) is 10.1 Å². The Morgan fingerprint density at radius 3 is 2.83 bits per heavy atom. The summed E-state index contributed by atoms with van der Waals surface area (Å²) in [5.74, 6) is -0.136. The summed E-state index contributed by atoms with van der Waals surface area (Å²) in [6, 6.07) is 5.45. The van der Waals surface area contributed by atoms with Gasteiger partial charge < -0.3 is 0 Å². The van der Waals surface area contributed by atoms with Crippen LogP contribution in [0.15, 0.2) is 35.1 Å². The molecule has 0 N–H and O–H groups in total. The molecule has 2 aromatic rings. The molecule has 0 aliphatic heterocycles. The third-order valence-corrected chi connectivity index (χ3v) is 3.01. The highest BCUT2D eigenvalue weighted by molar-refractivity contribution is 9.10. The van der Waals surface area contributed by atoms with Crippen LogP contribution in [0.5, 0.6) is 0 Å². The number of carbonyl (C=O) groups is 1. The molecule has 0 aliphatic rings. The average molecular weight is 309 g/mol. The van der Waals surface area contributed by atoms with Gasteiger partial charge in [-0.05, 0) is 18.2 Å². The van der Waals surface area contributed by atoms with Gasteiger partial charge in [0.05, 0.1) is 10.4 Å². The number of hydrogen-bond acceptors (Lipinski definition) is 3. The fourth-order valence-corrected chi connectivity index (χ4v) is 2.12. The average Bonchev–Trinajstić information content (AvgIpc) is 2.64. The van der Waals surface area contributed by atoms with Gasteiger partial charge in [0.15, 0.2) is 0 Å². The lowest BCUT2D eigenvalue weighted by Crippen LogP contribution is -2.02. The Bertz CT molecular complexity index is 673. The van der Waals surface area contributed by atoms with Crippen molar-refractivity contribution >= 4 is 38.8 Å². The first-order valence-electron chi connectivity index (χ1n) is 5.12.